The molecule has 0 aliphatic heterocycles. The molecule has 27 heavy (non-hydrogen) atoms. The van der Waals surface area contributed by atoms with Crippen LogP contribution in [0.25, 0.3) is 0 Å². The monoisotopic (exact) mass is 375 g/mol. The predicted molar refractivity (Wildman–Crippen MR) is 94.5 cm³/mol. The highest BCUT2D eigenvalue weighted by atomic mass is 19.4. The summed E-state index contributed by atoms with van der Waals surface area (Å²) in [5.41, 5.74) is 0.924. The number of carbonyl (C=O) groups excluding carboxylic acids is 1. The fourth-order valence-electron chi connectivity index (χ4n) is 4.98. The molecule has 1 aromatic carbocycles. The van der Waals surface area contributed by atoms with Crippen molar-refractivity contribution in [1.29, 1.82) is 0 Å². The number of anilines is 1. The van der Waals surface area contributed by atoms with Gasteiger partial charge < -0.3 is 5.32 Å². The summed E-state index contributed by atoms with van der Waals surface area (Å²) in [7, 11) is 0. The van der Waals surface area contributed by atoms with E-state index in [2.05, 4.69) is 35.2 Å². The Labute approximate surface area is 155 Å². The van der Waals surface area contributed by atoms with Crippen molar-refractivity contribution in [3.63, 3.8) is 0 Å². The lowest BCUT2D eigenvalue weighted by Crippen LogP contribution is -2.22. The summed E-state index contributed by atoms with van der Waals surface area (Å²) in [6.45, 7) is 4.41. The molecule has 2 aliphatic carbocycles. The van der Waals surface area contributed by atoms with Gasteiger partial charge in [-0.2, -0.15) is 13.2 Å². The molecule has 0 spiro atoms. The van der Waals surface area contributed by atoms with Crippen LogP contribution < -0.4 is 5.32 Å². The number of rotatable bonds is 3. The van der Waals surface area contributed by atoms with E-state index < -0.39 is 23.5 Å². The van der Waals surface area contributed by atoms with E-state index in [1.54, 1.807) is 6.07 Å². The Morgan fingerprint density at radius 1 is 1.15 bits per heavy atom. The minimum atomic E-state index is -4.73. The molecule has 4 rings (SSSR count). The average molecular weight is 375 g/mol. The van der Waals surface area contributed by atoms with E-state index in [1.807, 2.05) is 6.07 Å². The van der Waals surface area contributed by atoms with Gasteiger partial charge in [0.15, 0.2) is 11.4 Å². The van der Waals surface area contributed by atoms with Crippen LogP contribution in [-0.4, -0.2) is 15.9 Å². The Bertz CT molecular complexity index is 894. The lowest BCUT2D eigenvalue weighted by Gasteiger charge is -2.21. The fourth-order valence-corrected chi connectivity index (χ4v) is 4.98. The maximum atomic E-state index is 13.1. The summed E-state index contributed by atoms with van der Waals surface area (Å²) in [6, 6.07) is 5.69. The van der Waals surface area contributed by atoms with E-state index in [0.29, 0.717) is 29.4 Å². The van der Waals surface area contributed by atoms with Crippen LogP contribution in [0.1, 0.15) is 65.8 Å². The molecule has 1 aromatic heterocycles. The molecule has 2 aliphatic rings. The van der Waals surface area contributed by atoms with Gasteiger partial charge in [0, 0.05) is 18.1 Å². The Hall–Kier alpha value is -2.44. The van der Waals surface area contributed by atoms with Crippen molar-refractivity contribution in [2.75, 3.05) is 5.32 Å². The average Bonchev–Trinajstić information content (AvgIpc) is 3.18. The number of halogens is 3. The number of hydrogen-bond donors (Lipinski definition) is 1. The third-order valence-electron chi connectivity index (χ3n) is 5.83. The molecule has 2 unspecified atom stereocenters. The van der Waals surface area contributed by atoms with Crippen LogP contribution in [0.15, 0.2) is 30.6 Å². The third kappa shape index (κ3) is 2.89. The Morgan fingerprint density at radius 2 is 1.85 bits per heavy atom. The van der Waals surface area contributed by atoms with Crippen LogP contribution in [0.2, 0.25) is 0 Å². The highest BCUT2D eigenvalue weighted by Crippen LogP contribution is 2.61. The first-order valence-electron chi connectivity index (χ1n) is 9.11. The first kappa shape index (κ1) is 17.9. The molecule has 3 atom stereocenters. The standard InChI is InChI=1S/C20H20F3N3O/c1-10(2)15-12-6-7-13(15)16-11(12)4-3-5-14(16)26-19(27)17-18(20(21,22)23)25-9-8-24-17/h3-5,8-10,12-13,15H,6-7H2,1-2H3,(H,26,27)/t12?,13?,15-/m1/s1. The van der Waals surface area contributed by atoms with Gasteiger partial charge in [-0.15, -0.1) is 0 Å². The molecule has 4 nitrogen and oxygen atoms in total. The molecule has 1 saturated carbocycles. The summed E-state index contributed by atoms with van der Waals surface area (Å²) in [5, 5.41) is 2.67. The molecule has 1 N–H and O–H groups in total. The number of amides is 1. The van der Waals surface area contributed by atoms with E-state index in [0.717, 1.165) is 30.8 Å². The van der Waals surface area contributed by atoms with Gasteiger partial charge in [0.25, 0.3) is 5.91 Å². The summed E-state index contributed by atoms with van der Waals surface area (Å²) in [6.07, 6.45) is -0.531. The highest BCUT2D eigenvalue weighted by Gasteiger charge is 2.48. The van der Waals surface area contributed by atoms with E-state index >= 15 is 0 Å². The molecule has 1 heterocycles. The van der Waals surface area contributed by atoms with Crippen LogP contribution in [0.3, 0.4) is 0 Å². The largest absolute Gasteiger partial charge is 0.435 e. The number of benzene rings is 1. The second-order valence-electron chi connectivity index (χ2n) is 7.63. The van der Waals surface area contributed by atoms with E-state index in [1.165, 1.54) is 5.56 Å². The molecular weight excluding hydrogens is 355 g/mol. The topological polar surface area (TPSA) is 54.9 Å². The van der Waals surface area contributed by atoms with Crippen LogP contribution in [0.5, 0.6) is 0 Å². The maximum absolute atomic E-state index is 13.1. The van der Waals surface area contributed by atoms with Gasteiger partial charge >= 0.3 is 6.18 Å². The molecule has 2 aromatic rings. The molecule has 1 fully saturated rings. The minimum Gasteiger partial charge on any atom is -0.320 e. The third-order valence-corrected chi connectivity index (χ3v) is 5.83. The van der Waals surface area contributed by atoms with Crippen molar-refractivity contribution < 1.29 is 18.0 Å². The number of hydrogen-bond acceptors (Lipinski definition) is 3. The van der Waals surface area contributed by atoms with Crippen LogP contribution in [0, 0.1) is 11.8 Å². The fraction of sp³-hybridized carbons (Fsp3) is 0.450. The van der Waals surface area contributed by atoms with Gasteiger partial charge in [-0.1, -0.05) is 26.0 Å². The molecule has 142 valence electrons. The maximum Gasteiger partial charge on any atom is 0.435 e. The normalized spacial score (nSPS) is 23.6. The summed E-state index contributed by atoms with van der Waals surface area (Å²) < 4.78 is 39.4. The zero-order valence-electron chi connectivity index (χ0n) is 15.0. The van der Waals surface area contributed by atoms with Gasteiger partial charge in [0.1, 0.15) is 0 Å². The van der Waals surface area contributed by atoms with Crippen LogP contribution in [-0.2, 0) is 6.18 Å². The van der Waals surface area contributed by atoms with Crippen LogP contribution in [0.4, 0.5) is 18.9 Å². The SMILES string of the molecule is CC(C)[C@@H]1C2CCC1c1c(NC(=O)c3nccnc3C(F)(F)F)cccc12. The summed E-state index contributed by atoms with van der Waals surface area (Å²) in [5.74, 6) is 0.942. The number of alkyl halides is 3. The minimum absolute atomic E-state index is 0.338. The van der Waals surface area contributed by atoms with Crippen molar-refractivity contribution >= 4 is 11.6 Å². The Balaban J connectivity index is 1.69. The van der Waals surface area contributed by atoms with Gasteiger partial charge in [-0.25, -0.2) is 9.97 Å². The number of nitrogens with zero attached hydrogens (tertiary/aromatic N) is 2. The van der Waals surface area contributed by atoms with Gasteiger partial charge in [-0.3, -0.25) is 4.79 Å². The second kappa shape index (κ2) is 6.32. The number of aromatic nitrogens is 2. The lowest BCUT2D eigenvalue weighted by atomic mass is 9.85. The molecule has 7 heteroatoms. The Kier molecular flexibility index (Phi) is 4.20. The smallest absolute Gasteiger partial charge is 0.320 e. The zero-order valence-corrected chi connectivity index (χ0v) is 15.0. The first-order chi connectivity index (χ1) is 12.8. The van der Waals surface area contributed by atoms with Gasteiger partial charge in [0.2, 0.25) is 0 Å². The summed E-state index contributed by atoms with van der Waals surface area (Å²) in [4.78, 5) is 19.5. The zero-order chi connectivity index (χ0) is 19.3. The quantitative estimate of drug-likeness (QED) is 0.822. The summed E-state index contributed by atoms with van der Waals surface area (Å²) >= 11 is 0. The predicted octanol–water partition coefficient (Wildman–Crippen LogP) is 4.99. The molecule has 0 saturated heterocycles. The Morgan fingerprint density at radius 3 is 2.56 bits per heavy atom. The van der Waals surface area contributed by atoms with E-state index in [-0.39, 0.29) is 0 Å². The van der Waals surface area contributed by atoms with Gasteiger partial charge in [-0.05, 0) is 53.7 Å². The van der Waals surface area contributed by atoms with Crippen molar-refractivity contribution in [3.8, 4) is 0 Å². The van der Waals surface area contributed by atoms with Crippen molar-refractivity contribution in [3.05, 3.63) is 53.1 Å². The van der Waals surface area contributed by atoms with E-state index in [4.69, 9.17) is 0 Å². The number of carbonyl (C=O) groups is 1. The highest BCUT2D eigenvalue weighted by molar-refractivity contribution is 6.04. The van der Waals surface area contributed by atoms with Crippen molar-refractivity contribution in [2.24, 2.45) is 11.8 Å². The molecule has 2 bridgehead atoms. The number of nitrogens with one attached hydrogen (secondary N) is 1. The van der Waals surface area contributed by atoms with Gasteiger partial charge in [0.05, 0.1) is 0 Å². The number of fused-ring (bicyclic) bond motifs is 5. The molecular formula is C20H20F3N3O. The van der Waals surface area contributed by atoms with E-state index in [9.17, 15) is 18.0 Å². The molecule has 1 amide bonds. The second-order valence-corrected chi connectivity index (χ2v) is 7.63. The lowest BCUT2D eigenvalue weighted by molar-refractivity contribution is -0.141. The first-order valence-corrected chi connectivity index (χ1v) is 9.11. The van der Waals surface area contributed by atoms with Crippen LogP contribution >= 0.6 is 0 Å². The van der Waals surface area contributed by atoms with Crippen molar-refractivity contribution in [2.45, 2.75) is 44.7 Å². The molecule has 0 radical (unpaired) electrons. The van der Waals surface area contributed by atoms with Crippen molar-refractivity contribution in [1.82, 2.24) is 9.97 Å².